The van der Waals surface area contributed by atoms with E-state index in [1.807, 2.05) is 0 Å². The smallest absolute Gasteiger partial charge is 0.331 e. The van der Waals surface area contributed by atoms with Gasteiger partial charge in [-0.3, -0.25) is 14.4 Å². The molecule has 0 heterocycles. The summed E-state index contributed by atoms with van der Waals surface area (Å²) >= 11 is 0. The summed E-state index contributed by atoms with van der Waals surface area (Å²) in [4.78, 5) is 67.1. The first kappa shape index (κ1) is 23.1. The lowest BCUT2D eigenvalue weighted by Gasteiger charge is -2.13. The molecule has 3 atom stereocenters. The third-order valence-corrected chi connectivity index (χ3v) is 2.83. The highest BCUT2D eigenvalue weighted by atomic mass is 16.6. The Kier molecular flexibility index (Phi) is 9.65. The molecule has 0 aliphatic carbocycles. The van der Waals surface area contributed by atoms with Crippen molar-refractivity contribution in [3.63, 3.8) is 0 Å². The summed E-state index contributed by atoms with van der Waals surface area (Å²) in [6.45, 7) is 0. The molecule has 146 valence electrons. The molecule has 0 aromatic rings. The van der Waals surface area contributed by atoms with Gasteiger partial charge in [0, 0.05) is 6.42 Å². The zero-order valence-electron chi connectivity index (χ0n) is 13.7. The Morgan fingerprint density at radius 1 is 0.654 bits per heavy atom. The van der Waals surface area contributed by atoms with Gasteiger partial charge >= 0.3 is 23.9 Å². The first-order valence-corrected chi connectivity index (χ1v) is 7.27. The summed E-state index contributed by atoms with van der Waals surface area (Å²) in [5.74, 6) is -6.36. The maximum absolute atomic E-state index is 11.6. The minimum absolute atomic E-state index is 0.325. The number of carbonyl (C=O) groups excluding carboxylic acids is 6. The normalized spacial score (nSPS) is 13.8. The van der Waals surface area contributed by atoms with E-state index in [9.17, 15) is 28.8 Å². The van der Waals surface area contributed by atoms with Gasteiger partial charge in [-0.15, -0.1) is 0 Å². The molecule has 0 aliphatic heterocycles. The number of esters is 4. The predicted molar refractivity (Wildman–Crippen MR) is 83.0 cm³/mol. The molecule has 0 spiro atoms. The van der Waals surface area contributed by atoms with Crippen LogP contribution in [-0.4, -0.2) is 53.8 Å². The van der Waals surface area contributed by atoms with Crippen LogP contribution in [0, 0.1) is 0 Å². The Labute approximate surface area is 147 Å². The molecule has 0 radical (unpaired) electrons. The molecule has 0 unspecified atom stereocenters. The van der Waals surface area contributed by atoms with E-state index >= 15 is 0 Å². The van der Waals surface area contributed by atoms with Crippen molar-refractivity contribution in [2.75, 3.05) is 0 Å². The monoisotopic (exact) mass is 375 g/mol. The van der Waals surface area contributed by atoms with Crippen molar-refractivity contribution in [2.45, 2.75) is 43.8 Å². The van der Waals surface area contributed by atoms with E-state index in [4.69, 9.17) is 28.7 Å². The van der Waals surface area contributed by atoms with Gasteiger partial charge in [-0.2, -0.15) is 0 Å². The van der Waals surface area contributed by atoms with Crippen LogP contribution in [0.15, 0.2) is 0 Å². The van der Waals surface area contributed by atoms with Crippen LogP contribution >= 0.6 is 0 Å². The lowest BCUT2D eigenvalue weighted by atomic mass is 10.1. The topological polar surface area (TPSA) is 251 Å². The minimum Gasteiger partial charge on any atom is -0.392 e. The summed E-state index contributed by atoms with van der Waals surface area (Å²) in [5.41, 5.74) is 25.7. The van der Waals surface area contributed by atoms with Crippen LogP contribution in [0.25, 0.3) is 0 Å². The Hall–Kier alpha value is -2.90. The largest absolute Gasteiger partial charge is 0.392 e. The van der Waals surface area contributed by atoms with Crippen molar-refractivity contribution in [1.82, 2.24) is 0 Å². The van der Waals surface area contributed by atoms with Gasteiger partial charge < -0.3 is 38.1 Å². The zero-order valence-corrected chi connectivity index (χ0v) is 13.7. The van der Waals surface area contributed by atoms with E-state index in [-0.39, 0.29) is 6.42 Å². The molecule has 13 nitrogen and oxygen atoms in total. The summed E-state index contributed by atoms with van der Waals surface area (Å²) in [7, 11) is 0. The van der Waals surface area contributed by atoms with E-state index < -0.39 is 73.1 Å². The summed E-state index contributed by atoms with van der Waals surface area (Å²) in [6.07, 6.45) is -1.84. The van der Waals surface area contributed by atoms with E-state index in [2.05, 4.69) is 9.47 Å². The van der Waals surface area contributed by atoms with Gasteiger partial charge in [-0.1, -0.05) is 0 Å². The number of nitrogens with two attached hydrogens (primary N) is 5. The van der Waals surface area contributed by atoms with Gasteiger partial charge in [-0.05, 0) is 6.42 Å². The van der Waals surface area contributed by atoms with Crippen molar-refractivity contribution >= 4 is 35.7 Å². The van der Waals surface area contributed by atoms with Gasteiger partial charge in [0.25, 0.3) is 0 Å². The number of ether oxygens (including phenoxy) is 2. The zero-order chi connectivity index (χ0) is 20.4. The molecule has 2 amide bonds. The van der Waals surface area contributed by atoms with Gasteiger partial charge in [-0.25, -0.2) is 14.4 Å². The average molecular weight is 375 g/mol. The predicted octanol–water partition coefficient (Wildman–Crippen LogP) is -4.36. The fraction of sp³-hybridized carbons (Fsp3) is 0.538. The molecule has 13 heteroatoms. The summed E-state index contributed by atoms with van der Waals surface area (Å²) < 4.78 is 8.69. The number of hydrogen-bond donors (Lipinski definition) is 5. The van der Waals surface area contributed by atoms with Crippen molar-refractivity contribution in [3.05, 3.63) is 0 Å². The number of rotatable bonds is 10. The first-order valence-electron chi connectivity index (χ1n) is 7.27. The molecule has 0 fully saturated rings. The Bertz CT molecular complexity index is 593. The number of carbonyl (C=O) groups is 6. The van der Waals surface area contributed by atoms with E-state index in [0.717, 1.165) is 0 Å². The van der Waals surface area contributed by atoms with E-state index in [1.165, 1.54) is 0 Å². The maximum Gasteiger partial charge on any atom is 0.331 e. The number of primary amides is 2. The highest BCUT2D eigenvalue weighted by Gasteiger charge is 2.26. The van der Waals surface area contributed by atoms with Crippen LogP contribution in [0.2, 0.25) is 0 Å². The minimum atomic E-state index is -1.43. The van der Waals surface area contributed by atoms with Crippen molar-refractivity contribution < 1.29 is 38.2 Å². The Morgan fingerprint density at radius 3 is 1.46 bits per heavy atom. The summed E-state index contributed by atoms with van der Waals surface area (Å²) in [5, 5.41) is 0. The molecule has 0 saturated carbocycles. The second-order valence-electron chi connectivity index (χ2n) is 5.23. The lowest BCUT2D eigenvalue weighted by molar-refractivity contribution is -0.162. The van der Waals surface area contributed by atoms with Crippen LogP contribution in [-0.2, 0) is 38.2 Å². The lowest BCUT2D eigenvalue weighted by Crippen LogP contribution is -2.41. The van der Waals surface area contributed by atoms with Crippen molar-refractivity contribution in [3.8, 4) is 0 Å². The van der Waals surface area contributed by atoms with Gasteiger partial charge in [0.15, 0.2) is 0 Å². The van der Waals surface area contributed by atoms with E-state index in [0.29, 0.717) is 0 Å². The first-order chi connectivity index (χ1) is 11.9. The molecular weight excluding hydrogens is 354 g/mol. The van der Waals surface area contributed by atoms with Crippen LogP contribution in [0.1, 0.15) is 25.7 Å². The number of hydrogen-bond acceptors (Lipinski definition) is 11. The van der Waals surface area contributed by atoms with Crippen LogP contribution in [0.4, 0.5) is 0 Å². The molecule has 0 aromatic heterocycles. The van der Waals surface area contributed by atoms with Gasteiger partial charge in [0.05, 0.1) is 12.8 Å². The molecule has 10 N–H and O–H groups in total. The molecule has 0 aromatic carbocycles. The number of amides is 2. The standard InChI is InChI=1S/C13H21N5O8/c14-5(11(22)26-13(24)7(16)4-9(18)20)1-2-10(21)25-12(23)6(15)3-8(17)19/h5-7H,1-4,14-16H2,(H2,17,19)(H2,18,20)/t5-,6-,7-/m0/s1. The fourth-order valence-electron chi connectivity index (χ4n) is 1.48. The van der Waals surface area contributed by atoms with Crippen molar-refractivity contribution in [2.24, 2.45) is 28.7 Å². The maximum atomic E-state index is 11.6. The molecule has 0 rings (SSSR count). The quantitative estimate of drug-likeness (QED) is 0.180. The summed E-state index contributed by atoms with van der Waals surface area (Å²) in [6, 6.07) is -4.24. The van der Waals surface area contributed by atoms with Crippen LogP contribution < -0.4 is 28.7 Å². The molecular formula is C13H21N5O8. The molecule has 0 aliphatic rings. The second kappa shape index (κ2) is 10.9. The van der Waals surface area contributed by atoms with E-state index in [1.54, 1.807) is 0 Å². The molecule has 26 heavy (non-hydrogen) atoms. The van der Waals surface area contributed by atoms with Crippen LogP contribution in [0.5, 0.6) is 0 Å². The highest BCUT2D eigenvalue weighted by molar-refractivity contribution is 5.93. The van der Waals surface area contributed by atoms with Gasteiger partial charge in [0.1, 0.15) is 18.1 Å². The third kappa shape index (κ3) is 9.41. The highest BCUT2D eigenvalue weighted by Crippen LogP contribution is 2.03. The third-order valence-electron chi connectivity index (χ3n) is 2.83. The average Bonchev–Trinajstić information content (AvgIpc) is 2.50. The SMILES string of the molecule is NC(=O)C[C@H](N)C(=O)OC(=O)CC[C@H](N)C(=O)OC(=O)[C@@H](N)CC(N)=O. The Balaban J connectivity index is 4.32. The molecule has 0 bridgehead atoms. The van der Waals surface area contributed by atoms with Crippen LogP contribution in [0.3, 0.4) is 0 Å². The van der Waals surface area contributed by atoms with Crippen molar-refractivity contribution in [1.29, 1.82) is 0 Å². The second-order valence-corrected chi connectivity index (χ2v) is 5.23. The fourth-order valence-corrected chi connectivity index (χ4v) is 1.48. The Morgan fingerprint density at radius 2 is 1.04 bits per heavy atom. The molecule has 0 saturated heterocycles. The van der Waals surface area contributed by atoms with Gasteiger partial charge in [0.2, 0.25) is 11.8 Å².